The minimum absolute atomic E-state index is 0.153. The van der Waals surface area contributed by atoms with Gasteiger partial charge in [0.1, 0.15) is 0 Å². The van der Waals surface area contributed by atoms with Gasteiger partial charge in [0.25, 0.3) is 0 Å². The van der Waals surface area contributed by atoms with Gasteiger partial charge in [-0.3, -0.25) is 0 Å². The Labute approximate surface area is 94.2 Å². The monoisotopic (exact) mass is 210 g/mol. The molecule has 1 aliphatic rings. The smallest absolute Gasteiger partial charge is 0.400 e. The molecule has 0 radical (unpaired) electrons. The van der Waals surface area contributed by atoms with Crippen LogP contribution in [0.1, 0.15) is 54.4 Å². The molecule has 0 aromatic carbocycles. The lowest BCUT2D eigenvalue weighted by atomic mass is 9.76. The van der Waals surface area contributed by atoms with Gasteiger partial charge in [-0.15, -0.1) is 0 Å². The van der Waals surface area contributed by atoms with Crippen molar-refractivity contribution in [2.45, 2.75) is 65.6 Å². The molecule has 0 N–H and O–H groups in total. The van der Waals surface area contributed by atoms with Crippen molar-refractivity contribution in [3.63, 3.8) is 0 Å². The van der Waals surface area contributed by atoms with Crippen molar-refractivity contribution in [1.29, 1.82) is 0 Å². The summed E-state index contributed by atoms with van der Waals surface area (Å²) in [6.07, 6.45) is 4.24. The molecule has 0 unspecified atom stereocenters. The van der Waals surface area contributed by atoms with Crippen LogP contribution in [0.4, 0.5) is 0 Å². The third-order valence-corrected chi connectivity index (χ3v) is 3.43. The predicted molar refractivity (Wildman–Crippen MR) is 64.7 cm³/mol. The van der Waals surface area contributed by atoms with E-state index in [1.54, 1.807) is 0 Å². The first-order chi connectivity index (χ1) is 6.84. The molecule has 0 amide bonds. The Bertz CT molecular complexity index is 240. The van der Waals surface area contributed by atoms with Crippen LogP contribution in [-0.4, -0.2) is 18.3 Å². The van der Waals surface area contributed by atoms with Crippen LogP contribution in [0, 0.1) is 0 Å². The summed E-state index contributed by atoms with van der Waals surface area (Å²) >= 11 is 0. The van der Waals surface area contributed by atoms with Gasteiger partial charge in [-0.25, -0.2) is 0 Å². The second-order valence-corrected chi connectivity index (χ2v) is 5.13. The molecule has 86 valence electrons. The zero-order chi connectivity index (χ0) is 11.7. The molecule has 0 saturated carbocycles. The fourth-order valence-corrected chi connectivity index (χ4v) is 1.66. The molecular formula is C12H23BO2. The Balaban J connectivity index is 2.82. The number of allylic oxidation sites excluding steroid dienone is 2. The Morgan fingerprint density at radius 1 is 1.07 bits per heavy atom. The van der Waals surface area contributed by atoms with Gasteiger partial charge < -0.3 is 9.31 Å². The van der Waals surface area contributed by atoms with Crippen molar-refractivity contribution in [1.82, 2.24) is 0 Å². The van der Waals surface area contributed by atoms with Crippen molar-refractivity contribution in [3.8, 4) is 0 Å². The van der Waals surface area contributed by atoms with Crippen molar-refractivity contribution >= 4 is 7.12 Å². The highest BCUT2D eigenvalue weighted by Crippen LogP contribution is 2.38. The minimum Gasteiger partial charge on any atom is -0.400 e. The third-order valence-electron chi connectivity index (χ3n) is 3.43. The van der Waals surface area contributed by atoms with Gasteiger partial charge in [0.15, 0.2) is 0 Å². The van der Waals surface area contributed by atoms with E-state index in [4.69, 9.17) is 9.31 Å². The molecule has 3 heteroatoms. The number of hydrogen-bond acceptors (Lipinski definition) is 2. The van der Waals surface area contributed by atoms with E-state index in [1.165, 1.54) is 5.47 Å². The highest BCUT2D eigenvalue weighted by atomic mass is 16.7. The first-order valence-electron chi connectivity index (χ1n) is 5.88. The third kappa shape index (κ3) is 2.45. The molecule has 15 heavy (non-hydrogen) atoms. The maximum atomic E-state index is 5.98. The van der Waals surface area contributed by atoms with Gasteiger partial charge in [-0.1, -0.05) is 19.9 Å². The number of hydrogen-bond donors (Lipinski definition) is 0. The molecule has 1 rings (SSSR count). The zero-order valence-electron chi connectivity index (χ0n) is 10.9. The maximum absolute atomic E-state index is 5.98. The average Bonchev–Trinajstić information content (AvgIpc) is 2.32. The molecule has 0 spiro atoms. The molecule has 1 heterocycles. The van der Waals surface area contributed by atoms with E-state index in [1.807, 2.05) is 0 Å². The van der Waals surface area contributed by atoms with Crippen LogP contribution in [0.5, 0.6) is 0 Å². The molecule has 0 aromatic heterocycles. The number of rotatable bonds is 3. The summed E-state index contributed by atoms with van der Waals surface area (Å²) in [6.45, 7) is 12.6. The summed E-state index contributed by atoms with van der Waals surface area (Å²) in [5.41, 5.74) is 0.815. The molecule has 1 saturated heterocycles. The van der Waals surface area contributed by atoms with Gasteiger partial charge in [-0.05, 0) is 46.0 Å². The molecule has 0 bridgehead atoms. The van der Waals surface area contributed by atoms with Crippen LogP contribution >= 0.6 is 0 Å². The van der Waals surface area contributed by atoms with Gasteiger partial charge >= 0.3 is 7.12 Å². The van der Waals surface area contributed by atoms with E-state index in [9.17, 15) is 0 Å². The van der Waals surface area contributed by atoms with E-state index in [0.717, 1.165) is 12.8 Å². The molecule has 2 nitrogen and oxygen atoms in total. The van der Waals surface area contributed by atoms with Gasteiger partial charge in [0.05, 0.1) is 11.2 Å². The van der Waals surface area contributed by atoms with E-state index in [0.29, 0.717) is 0 Å². The lowest BCUT2D eigenvalue weighted by Gasteiger charge is -2.32. The van der Waals surface area contributed by atoms with Crippen LogP contribution in [0.2, 0.25) is 0 Å². The zero-order valence-corrected chi connectivity index (χ0v) is 10.9. The SMILES string of the molecule is CC/C=C(\CC)B1OC(C)(C)C(C)(C)O1. The fourth-order valence-electron chi connectivity index (χ4n) is 1.66. The van der Waals surface area contributed by atoms with Crippen LogP contribution in [0.25, 0.3) is 0 Å². The van der Waals surface area contributed by atoms with Gasteiger partial charge in [0.2, 0.25) is 0 Å². The first kappa shape index (κ1) is 12.8. The van der Waals surface area contributed by atoms with E-state index in [2.05, 4.69) is 47.6 Å². The van der Waals surface area contributed by atoms with Crippen LogP contribution in [-0.2, 0) is 9.31 Å². The standard InChI is InChI=1S/C12H23BO2/c1-7-9-10(8-2)13-14-11(3,4)12(5,6)15-13/h9H,7-8H2,1-6H3/b10-9+. The lowest BCUT2D eigenvalue weighted by Crippen LogP contribution is -2.41. The van der Waals surface area contributed by atoms with Crippen LogP contribution in [0.15, 0.2) is 11.5 Å². The Kier molecular flexibility index (Phi) is 3.67. The summed E-state index contributed by atoms with van der Waals surface area (Å²) in [6, 6.07) is 0. The van der Waals surface area contributed by atoms with Crippen molar-refractivity contribution < 1.29 is 9.31 Å². The minimum atomic E-state index is -0.223. The normalized spacial score (nSPS) is 24.7. The Morgan fingerprint density at radius 2 is 1.53 bits per heavy atom. The topological polar surface area (TPSA) is 18.5 Å². The second kappa shape index (κ2) is 4.30. The summed E-state index contributed by atoms with van der Waals surface area (Å²) < 4.78 is 12.0. The Morgan fingerprint density at radius 3 is 1.87 bits per heavy atom. The summed E-state index contributed by atoms with van der Waals surface area (Å²) in [7, 11) is -0.153. The van der Waals surface area contributed by atoms with Gasteiger partial charge in [-0.2, -0.15) is 0 Å². The van der Waals surface area contributed by atoms with Crippen molar-refractivity contribution in [2.24, 2.45) is 0 Å². The van der Waals surface area contributed by atoms with E-state index in [-0.39, 0.29) is 18.3 Å². The largest absolute Gasteiger partial charge is 0.490 e. The van der Waals surface area contributed by atoms with E-state index >= 15 is 0 Å². The van der Waals surface area contributed by atoms with Crippen molar-refractivity contribution in [2.75, 3.05) is 0 Å². The molecule has 0 aromatic rings. The molecular weight excluding hydrogens is 187 g/mol. The summed E-state index contributed by atoms with van der Waals surface area (Å²) in [4.78, 5) is 0. The predicted octanol–water partition coefficient (Wildman–Crippen LogP) is 3.36. The average molecular weight is 210 g/mol. The molecule has 0 aliphatic carbocycles. The van der Waals surface area contributed by atoms with Crippen LogP contribution < -0.4 is 0 Å². The summed E-state index contributed by atoms with van der Waals surface area (Å²) in [5.74, 6) is 0. The van der Waals surface area contributed by atoms with Crippen molar-refractivity contribution in [3.05, 3.63) is 11.5 Å². The first-order valence-corrected chi connectivity index (χ1v) is 5.88. The maximum Gasteiger partial charge on any atom is 0.490 e. The molecule has 1 aliphatic heterocycles. The fraction of sp³-hybridized carbons (Fsp3) is 0.833. The highest BCUT2D eigenvalue weighted by Gasteiger charge is 2.51. The quantitative estimate of drug-likeness (QED) is 0.665. The van der Waals surface area contributed by atoms with E-state index < -0.39 is 0 Å². The lowest BCUT2D eigenvalue weighted by molar-refractivity contribution is 0.00578. The highest BCUT2D eigenvalue weighted by molar-refractivity contribution is 6.54. The second-order valence-electron chi connectivity index (χ2n) is 5.13. The Hall–Kier alpha value is -0.275. The van der Waals surface area contributed by atoms with Crippen LogP contribution in [0.3, 0.4) is 0 Å². The molecule has 0 atom stereocenters. The molecule has 1 fully saturated rings. The van der Waals surface area contributed by atoms with Gasteiger partial charge in [0, 0.05) is 0 Å². The summed E-state index contributed by atoms with van der Waals surface area (Å²) in [5, 5.41) is 0.